The Balaban J connectivity index is 1.89. The number of aliphatic hydroxyl groups is 1. The zero-order valence-corrected chi connectivity index (χ0v) is 12.6. The second-order valence-corrected chi connectivity index (χ2v) is 5.69. The van der Waals surface area contributed by atoms with Gasteiger partial charge in [0, 0.05) is 24.9 Å². The fourth-order valence-electron chi connectivity index (χ4n) is 2.81. The highest BCUT2D eigenvalue weighted by molar-refractivity contribution is 5.41. The van der Waals surface area contributed by atoms with Crippen molar-refractivity contribution in [3.63, 3.8) is 0 Å². The van der Waals surface area contributed by atoms with Crippen molar-refractivity contribution in [3.8, 4) is 0 Å². The SMILES string of the molecule is CNc1ccnc(N[C@@H](c2ccc(F)cc2F)C2CC(O)C2)n1. The highest BCUT2D eigenvalue weighted by Gasteiger charge is 2.36. The van der Waals surface area contributed by atoms with E-state index in [9.17, 15) is 13.9 Å². The lowest BCUT2D eigenvalue weighted by atomic mass is 9.75. The summed E-state index contributed by atoms with van der Waals surface area (Å²) in [7, 11) is 1.74. The maximum absolute atomic E-state index is 14.2. The molecule has 1 fully saturated rings. The van der Waals surface area contributed by atoms with Gasteiger partial charge in [-0.3, -0.25) is 0 Å². The first-order valence-electron chi connectivity index (χ1n) is 7.47. The molecule has 0 spiro atoms. The van der Waals surface area contributed by atoms with Crippen LogP contribution >= 0.6 is 0 Å². The second kappa shape index (κ2) is 6.45. The van der Waals surface area contributed by atoms with E-state index in [0.29, 0.717) is 30.2 Å². The fourth-order valence-corrected chi connectivity index (χ4v) is 2.81. The van der Waals surface area contributed by atoms with E-state index in [1.54, 1.807) is 19.3 Å². The minimum absolute atomic E-state index is 0.0341. The molecule has 122 valence electrons. The summed E-state index contributed by atoms with van der Waals surface area (Å²) in [5, 5.41) is 15.6. The molecular formula is C16H18F2N4O. The Morgan fingerprint density at radius 3 is 2.70 bits per heavy atom. The van der Waals surface area contributed by atoms with Crippen LogP contribution in [0.1, 0.15) is 24.4 Å². The summed E-state index contributed by atoms with van der Waals surface area (Å²) in [6.07, 6.45) is 2.33. The van der Waals surface area contributed by atoms with Crippen LogP contribution in [0.5, 0.6) is 0 Å². The predicted octanol–water partition coefficient (Wildman–Crippen LogP) is 2.72. The van der Waals surface area contributed by atoms with Crippen LogP contribution < -0.4 is 10.6 Å². The van der Waals surface area contributed by atoms with Crippen molar-refractivity contribution in [1.29, 1.82) is 0 Å². The summed E-state index contributed by atoms with van der Waals surface area (Å²) < 4.78 is 27.3. The van der Waals surface area contributed by atoms with Gasteiger partial charge in [-0.1, -0.05) is 6.07 Å². The highest BCUT2D eigenvalue weighted by Crippen LogP contribution is 2.40. The van der Waals surface area contributed by atoms with Gasteiger partial charge in [0.05, 0.1) is 12.1 Å². The van der Waals surface area contributed by atoms with Gasteiger partial charge >= 0.3 is 0 Å². The number of aromatic nitrogens is 2. The fraction of sp³-hybridized carbons (Fsp3) is 0.375. The molecule has 1 aliphatic carbocycles. The first-order valence-corrected chi connectivity index (χ1v) is 7.47. The summed E-state index contributed by atoms with van der Waals surface area (Å²) in [6, 6.07) is 4.81. The van der Waals surface area contributed by atoms with E-state index >= 15 is 0 Å². The van der Waals surface area contributed by atoms with Crippen molar-refractivity contribution in [2.45, 2.75) is 25.0 Å². The third-order valence-corrected chi connectivity index (χ3v) is 4.11. The molecule has 1 aromatic carbocycles. The third kappa shape index (κ3) is 3.39. The molecule has 0 unspecified atom stereocenters. The Kier molecular flexibility index (Phi) is 4.38. The van der Waals surface area contributed by atoms with Crippen molar-refractivity contribution in [2.75, 3.05) is 17.7 Å². The summed E-state index contributed by atoms with van der Waals surface area (Å²) in [4.78, 5) is 8.41. The van der Waals surface area contributed by atoms with Crippen LogP contribution in [-0.4, -0.2) is 28.2 Å². The number of anilines is 2. The predicted molar refractivity (Wildman–Crippen MR) is 83.0 cm³/mol. The molecule has 0 radical (unpaired) electrons. The topological polar surface area (TPSA) is 70.1 Å². The summed E-state index contributed by atoms with van der Waals surface area (Å²) in [6.45, 7) is 0. The largest absolute Gasteiger partial charge is 0.393 e. The van der Waals surface area contributed by atoms with E-state index in [1.807, 2.05) is 0 Å². The van der Waals surface area contributed by atoms with Crippen LogP contribution in [0.3, 0.4) is 0 Å². The standard InChI is InChI=1S/C16H18F2N4O/c1-19-14-4-5-20-16(21-14)22-15(9-6-11(23)7-9)12-3-2-10(17)8-13(12)18/h2-5,8-9,11,15,23H,6-7H2,1H3,(H2,19,20,21,22)/t9?,11?,15-/m1/s1. The first kappa shape index (κ1) is 15.6. The molecule has 7 heteroatoms. The monoisotopic (exact) mass is 320 g/mol. The van der Waals surface area contributed by atoms with Gasteiger partial charge in [0.1, 0.15) is 17.5 Å². The van der Waals surface area contributed by atoms with Crippen molar-refractivity contribution in [3.05, 3.63) is 47.7 Å². The number of halogens is 2. The maximum Gasteiger partial charge on any atom is 0.225 e. The summed E-state index contributed by atoms with van der Waals surface area (Å²) in [5.74, 6) is -0.214. The van der Waals surface area contributed by atoms with Gasteiger partial charge in [-0.2, -0.15) is 4.98 Å². The van der Waals surface area contributed by atoms with E-state index in [-0.39, 0.29) is 12.0 Å². The number of benzene rings is 1. The van der Waals surface area contributed by atoms with Crippen molar-refractivity contribution in [2.24, 2.45) is 5.92 Å². The molecule has 1 aromatic heterocycles. The molecule has 1 aliphatic rings. The van der Waals surface area contributed by atoms with Gasteiger partial charge in [-0.15, -0.1) is 0 Å². The van der Waals surface area contributed by atoms with Crippen LogP contribution in [0.15, 0.2) is 30.5 Å². The van der Waals surface area contributed by atoms with Gasteiger partial charge in [-0.25, -0.2) is 13.8 Å². The molecular weight excluding hydrogens is 302 g/mol. The van der Waals surface area contributed by atoms with E-state index in [0.717, 1.165) is 6.07 Å². The number of hydrogen-bond acceptors (Lipinski definition) is 5. The molecule has 3 rings (SSSR count). The molecule has 0 bridgehead atoms. The van der Waals surface area contributed by atoms with Gasteiger partial charge in [0.15, 0.2) is 0 Å². The lowest BCUT2D eigenvalue weighted by Gasteiger charge is -2.38. The Bertz CT molecular complexity index is 692. The van der Waals surface area contributed by atoms with Crippen LogP contribution in [0.4, 0.5) is 20.5 Å². The number of nitrogens with zero attached hydrogens (tertiary/aromatic N) is 2. The normalized spacial score (nSPS) is 21.4. The van der Waals surface area contributed by atoms with Gasteiger partial charge in [0.2, 0.25) is 5.95 Å². The highest BCUT2D eigenvalue weighted by atomic mass is 19.1. The molecule has 2 aromatic rings. The van der Waals surface area contributed by atoms with Crippen molar-refractivity contribution >= 4 is 11.8 Å². The number of aliphatic hydroxyl groups excluding tert-OH is 1. The van der Waals surface area contributed by atoms with Crippen LogP contribution in [0.25, 0.3) is 0 Å². The lowest BCUT2D eigenvalue weighted by Crippen LogP contribution is -2.36. The molecule has 1 heterocycles. The smallest absolute Gasteiger partial charge is 0.225 e. The average Bonchev–Trinajstić information content (AvgIpc) is 2.50. The number of rotatable bonds is 5. The van der Waals surface area contributed by atoms with Gasteiger partial charge in [-0.05, 0) is 30.9 Å². The van der Waals surface area contributed by atoms with E-state index in [2.05, 4.69) is 20.6 Å². The molecule has 5 nitrogen and oxygen atoms in total. The van der Waals surface area contributed by atoms with Crippen molar-refractivity contribution in [1.82, 2.24) is 9.97 Å². The summed E-state index contributed by atoms with van der Waals surface area (Å²) >= 11 is 0. The molecule has 1 saturated carbocycles. The van der Waals surface area contributed by atoms with Crippen molar-refractivity contribution < 1.29 is 13.9 Å². The molecule has 3 N–H and O–H groups in total. The van der Waals surface area contributed by atoms with Crippen LogP contribution in [-0.2, 0) is 0 Å². The molecule has 0 aliphatic heterocycles. The van der Waals surface area contributed by atoms with Crippen LogP contribution in [0, 0.1) is 17.6 Å². The van der Waals surface area contributed by atoms with E-state index < -0.39 is 17.7 Å². The first-order chi connectivity index (χ1) is 11.1. The summed E-state index contributed by atoms with van der Waals surface area (Å²) in [5.41, 5.74) is 0.349. The zero-order chi connectivity index (χ0) is 16.4. The Hall–Kier alpha value is -2.28. The molecule has 1 atom stereocenters. The average molecular weight is 320 g/mol. The zero-order valence-electron chi connectivity index (χ0n) is 12.6. The molecule has 23 heavy (non-hydrogen) atoms. The number of nitrogens with one attached hydrogen (secondary N) is 2. The second-order valence-electron chi connectivity index (χ2n) is 5.69. The van der Waals surface area contributed by atoms with Crippen LogP contribution in [0.2, 0.25) is 0 Å². The minimum atomic E-state index is -0.618. The maximum atomic E-state index is 14.2. The number of hydrogen-bond donors (Lipinski definition) is 3. The van der Waals surface area contributed by atoms with Gasteiger partial charge < -0.3 is 15.7 Å². The quantitative estimate of drug-likeness (QED) is 0.790. The Morgan fingerprint density at radius 1 is 1.26 bits per heavy atom. The molecule has 0 saturated heterocycles. The van der Waals surface area contributed by atoms with E-state index in [4.69, 9.17) is 0 Å². The Labute approximate surface area is 132 Å². The van der Waals surface area contributed by atoms with E-state index in [1.165, 1.54) is 12.1 Å². The lowest BCUT2D eigenvalue weighted by molar-refractivity contribution is 0.0333. The minimum Gasteiger partial charge on any atom is -0.393 e. The molecule has 0 amide bonds. The Morgan fingerprint density at radius 2 is 2.04 bits per heavy atom. The van der Waals surface area contributed by atoms with Gasteiger partial charge in [0.25, 0.3) is 0 Å². The third-order valence-electron chi connectivity index (χ3n) is 4.11.